The highest BCUT2D eigenvalue weighted by atomic mass is 32.1. The molecule has 2 aromatic rings. The monoisotopic (exact) mass is 192 g/mol. The first-order valence-corrected chi connectivity index (χ1v) is 4.90. The van der Waals surface area contributed by atoms with Crippen molar-refractivity contribution < 1.29 is 10.0 Å². The molecular formula is C9H9BO2S. The molecule has 0 amide bonds. The summed E-state index contributed by atoms with van der Waals surface area (Å²) in [4.78, 5) is 0. The Morgan fingerprint density at radius 2 is 2.08 bits per heavy atom. The fraction of sp³-hybridized carbons (Fsp3) is 0.111. The quantitative estimate of drug-likeness (QED) is 0.658. The van der Waals surface area contributed by atoms with Crippen molar-refractivity contribution in [1.82, 2.24) is 0 Å². The zero-order valence-corrected chi connectivity index (χ0v) is 8.01. The van der Waals surface area contributed by atoms with Crippen molar-refractivity contribution in [3.8, 4) is 0 Å². The van der Waals surface area contributed by atoms with E-state index in [1.54, 1.807) is 17.4 Å². The van der Waals surface area contributed by atoms with E-state index in [9.17, 15) is 0 Å². The molecule has 2 N–H and O–H groups in total. The second-order valence-electron chi connectivity index (χ2n) is 3.05. The maximum absolute atomic E-state index is 8.95. The standard InChI is InChI=1S/C9H9BO2S/c1-6-5-13-9-4-7(10(11)12)2-3-8(6)9/h2-5,11-12H,1H3. The average molecular weight is 192 g/mol. The van der Waals surface area contributed by atoms with Crippen molar-refractivity contribution in [2.75, 3.05) is 0 Å². The summed E-state index contributed by atoms with van der Waals surface area (Å²) in [7, 11) is -1.37. The average Bonchev–Trinajstić information content (AvgIpc) is 2.47. The molecular weight excluding hydrogens is 183 g/mol. The zero-order chi connectivity index (χ0) is 9.42. The smallest absolute Gasteiger partial charge is 0.423 e. The largest absolute Gasteiger partial charge is 0.488 e. The molecule has 0 aliphatic carbocycles. The van der Waals surface area contributed by atoms with Gasteiger partial charge in [0.25, 0.3) is 0 Å². The molecule has 1 aromatic heterocycles. The van der Waals surface area contributed by atoms with Crippen LogP contribution in [-0.2, 0) is 0 Å². The lowest BCUT2D eigenvalue weighted by Gasteiger charge is -1.98. The lowest BCUT2D eigenvalue weighted by Crippen LogP contribution is -2.29. The van der Waals surface area contributed by atoms with Crippen LogP contribution in [0.4, 0.5) is 0 Å². The molecule has 0 atom stereocenters. The Balaban J connectivity index is 2.63. The van der Waals surface area contributed by atoms with E-state index in [0.717, 1.165) is 4.70 Å². The Morgan fingerprint density at radius 1 is 1.31 bits per heavy atom. The molecule has 0 spiro atoms. The van der Waals surface area contributed by atoms with Crippen molar-refractivity contribution >= 4 is 34.0 Å². The Kier molecular flexibility index (Phi) is 2.11. The first kappa shape index (κ1) is 8.75. The van der Waals surface area contributed by atoms with E-state index in [2.05, 4.69) is 5.38 Å². The van der Waals surface area contributed by atoms with Crippen LogP contribution in [0.15, 0.2) is 23.6 Å². The van der Waals surface area contributed by atoms with Crippen LogP contribution in [0, 0.1) is 6.92 Å². The number of thiophene rings is 1. The molecule has 2 nitrogen and oxygen atoms in total. The van der Waals surface area contributed by atoms with Gasteiger partial charge in [-0.15, -0.1) is 11.3 Å². The predicted octanol–water partition coefficient (Wildman–Crippen LogP) is 0.890. The van der Waals surface area contributed by atoms with Gasteiger partial charge in [-0.3, -0.25) is 0 Å². The number of rotatable bonds is 1. The van der Waals surface area contributed by atoms with Crippen LogP contribution in [-0.4, -0.2) is 17.2 Å². The van der Waals surface area contributed by atoms with Crippen molar-refractivity contribution in [3.05, 3.63) is 29.1 Å². The molecule has 1 aromatic carbocycles. The lowest BCUT2D eigenvalue weighted by molar-refractivity contribution is 0.426. The van der Waals surface area contributed by atoms with E-state index >= 15 is 0 Å². The number of benzene rings is 1. The minimum atomic E-state index is -1.37. The summed E-state index contributed by atoms with van der Waals surface area (Å²) >= 11 is 1.62. The van der Waals surface area contributed by atoms with Crippen LogP contribution in [0.2, 0.25) is 0 Å². The van der Waals surface area contributed by atoms with E-state index in [0.29, 0.717) is 5.46 Å². The van der Waals surface area contributed by atoms with Gasteiger partial charge in [0.05, 0.1) is 0 Å². The van der Waals surface area contributed by atoms with Gasteiger partial charge in [-0.05, 0) is 34.8 Å². The summed E-state index contributed by atoms with van der Waals surface area (Å²) in [5.41, 5.74) is 1.79. The van der Waals surface area contributed by atoms with Gasteiger partial charge in [0.1, 0.15) is 0 Å². The van der Waals surface area contributed by atoms with Crippen molar-refractivity contribution in [3.63, 3.8) is 0 Å². The van der Waals surface area contributed by atoms with Gasteiger partial charge in [0.15, 0.2) is 0 Å². The summed E-state index contributed by atoms with van der Waals surface area (Å²) in [5.74, 6) is 0. The van der Waals surface area contributed by atoms with Crippen LogP contribution in [0.25, 0.3) is 10.1 Å². The molecule has 13 heavy (non-hydrogen) atoms. The van der Waals surface area contributed by atoms with Gasteiger partial charge in [-0.2, -0.15) is 0 Å². The highest BCUT2D eigenvalue weighted by Crippen LogP contribution is 2.23. The molecule has 0 bridgehead atoms. The Bertz CT molecular complexity index is 436. The number of fused-ring (bicyclic) bond motifs is 1. The Labute approximate surface area is 80.6 Å². The normalized spacial score (nSPS) is 10.7. The minimum Gasteiger partial charge on any atom is -0.423 e. The first-order valence-electron chi connectivity index (χ1n) is 4.02. The predicted molar refractivity (Wildman–Crippen MR) is 56.4 cm³/mol. The maximum atomic E-state index is 8.95. The summed E-state index contributed by atoms with van der Waals surface area (Å²) < 4.78 is 1.10. The van der Waals surface area contributed by atoms with Crippen LogP contribution in [0.3, 0.4) is 0 Å². The fourth-order valence-electron chi connectivity index (χ4n) is 1.34. The number of aryl methyl sites for hydroxylation is 1. The summed E-state index contributed by atoms with van der Waals surface area (Å²) in [6.07, 6.45) is 0. The third kappa shape index (κ3) is 1.48. The molecule has 66 valence electrons. The first-order chi connectivity index (χ1) is 6.18. The van der Waals surface area contributed by atoms with Gasteiger partial charge < -0.3 is 10.0 Å². The molecule has 0 saturated carbocycles. The summed E-state index contributed by atoms with van der Waals surface area (Å²) in [5, 5.41) is 21.2. The summed E-state index contributed by atoms with van der Waals surface area (Å²) in [6.45, 7) is 2.05. The molecule has 0 radical (unpaired) electrons. The van der Waals surface area contributed by atoms with Crippen molar-refractivity contribution in [2.45, 2.75) is 6.92 Å². The lowest BCUT2D eigenvalue weighted by atomic mass is 9.80. The molecule has 0 fully saturated rings. The summed E-state index contributed by atoms with van der Waals surface area (Å²) in [6, 6.07) is 5.49. The van der Waals surface area contributed by atoms with Crippen molar-refractivity contribution in [2.24, 2.45) is 0 Å². The Morgan fingerprint density at radius 3 is 2.77 bits per heavy atom. The minimum absolute atomic E-state index is 0.550. The highest BCUT2D eigenvalue weighted by molar-refractivity contribution is 7.17. The molecule has 4 heteroatoms. The van der Waals surface area contributed by atoms with E-state index in [1.165, 1.54) is 10.9 Å². The molecule has 1 heterocycles. The highest BCUT2D eigenvalue weighted by Gasteiger charge is 2.11. The number of hydrogen-bond acceptors (Lipinski definition) is 3. The molecule has 0 aliphatic heterocycles. The zero-order valence-electron chi connectivity index (χ0n) is 7.19. The van der Waals surface area contributed by atoms with E-state index in [1.807, 2.05) is 19.1 Å². The van der Waals surface area contributed by atoms with Gasteiger partial charge in [0, 0.05) is 4.70 Å². The van der Waals surface area contributed by atoms with Gasteiger partial charge >= 0.3 is 7.12 Å². The van der Waals surface area contributed by atoms with Gasteiger partial charge in [-0.1, -0.05) is 12.1 Å². The number of hydrogen-bond donors (Lipinski definition) is 2. The topological polar surface area (TPSA) is 40.5 Å². The Hall–Kier alpha value is -0.835. The maximum Gasteiger partial charge on any atom is 0.488 e. The molecule has 2 rings (SSSR count). The van der Waals surface area contributed by atoms with Crippen LogP contribution in [0.1, 0.15) is 5.56 Å². The molecule has 0 unspecified atom stereocenters. The van der Waals surface area contributed by atoms with Gasteiger partial charge in [-0.25, -0.2) is 0 Å². The van der Waals surface area contributed by atoms with E-state index < -0.39 is 7.12 Å². The fourth-order valence-corrected chi connectivity index (χ4v) is 2.33. The molecule has 0 saturated heterocycles. The SMILES string of the molecule is Cc1csc2cc(B(O)O)ccc12. The van der Waals surface area contributed by atoms with Crippen molar-refractivity contribution in [1.29, 1.82) is 0 Å². The van der Waals surface area contributed by atoms with Crippen LogP contribution < -0.4 is 5.46 Å². The molecule has 0 aliphatic rings. The van der Waals surface area contributed by atoms with Gasteiger partial charge in [0.2, 0.25) is 0 Å². The second kappa shape index (κ2) is 3.14. The van der Waals surface area contributed by atoms with Crippen LogP contribution in [0.5, 0.6) is 0 Å². The third-order valence-corrected chi connectivity index (χ3v) is 3.15. The second-order valence-corrected chi connectivity index (χ2v) is 3.96. The third-order valence-electron chi connectivity index (χ3n) is 2.09. The van der Waals surface area contributed by atoms with E-state index in [-0.39, 0.29) is 0 Å². The van der Waals surface area contributed by atoms with Crippen LogP contribution >= 0.6 is 11.3 Å². The van der Waals surface area contributed by atoms with E-state index in [4.69, 9.17) is 10.0 Å².